The van der Waals surface area contributed by atoms with Crippen LogP contribution in [-0.2, 0) is 14.9 Å². The standard InChI is InChI=1S/C18H27FN2O3S/c1-18(2)14-24-17(15-8-7-9-16(19)12-15)13-21(18)25(22,23)20-10-5-3-4-6-11-20/h7-9,12,17H,3-6,10-11,13-14H2,1-2H3. The summed E-state index contributed by atoms with van der Waals surface area (Å²) in [5.74, 6) is -0.340. The van der Waals surface area contributed by atoms with E-state index in [1.54, 1.807) is 20.7 Å². The summed E-state index contributed by atoms with van der Waals surface area (Å²) in [6.45, 7) is 5.38. The number of nitrogens with zero attached hydrogens (tertiary/aromatic N) is 2. The Morgan fingerprint density at radius 1 is 1.16 bits per heavy atom. The summed E-state index contributed by atoms with van der Waals surface area (Å²) in [6.07, 6.45) is 3.49. The molecule has 0 amide bonds. The van der Waals surface area contributed by atoms with Gasteiger partial charge in [0.2, 0.25) is 0 Å². The molecule has 0 aromatic heterocycles. The smallest absolute Gasteiger partial charge is 0.282 e. The average molecular weight is 370 g/mol. The lowest BCUT2D eigenvalue weighted by atomic mass is 10.0. The fraction of sp³-hybridized carbons (Fsp3) is 0.667. The topological polar surface area (TPSA) is 49.9 Å². The van der Waals surface area contributed by atoms with Crippen LogP contribution in [0.5, 0.6) is 0 Å². The SMILES string of the molecule is CC1(C)COC(c2cccc(F)c2)CN1S(=O)(=O)N1CCCCCC1. The number of rotatable bonds is 3. The molecule has 2 fully saturated rings. The largest absolute Gasteiger partial charge is 0.370 e. The first kappa shape index (κ1) is 18.8. The van der Waals surface area contributed by atoms with Crippen molar-refractivity contribution in [2.75, 3.05) is 26.2 Å². The zero-order chi connectivity index (χ0) is 18.1. The van der Waals surface area contributed by atoms with Crippen molar-refractivity contribution >= 4 is 10.2 Å². The maximum atomic E-state index is 13.5. The van der Waals surface area contributed by atoms with Crippen molar-refractivity contribution in [3.8, 4) is 0 Å². The first-order valence-corrected chi connectivity index (χ1v) is 10.4. The Morgan fingerprint density at radius 2 is 1.84 bits per heavy atom. The molecular weight excluding hydrogens is 343 g/mol. The van der Waals surface area contributed by atoms with Gasteiger partial charge in [0.25, 0.3) is 10.2 Å². The Kier molecular flexibility index (Phi) is 5.48. The third-order valence-corrected chi connectivity index (χ3v) is 7.25. The monoisotopic (exact) mass is 370 g/mol. The molecule has 3 rings (SSSR count). The summed E-state index contributed by atoms with van der Waals surface area (Å²) < 4.78 is 49.1. The molecule has 1 aromatic rings. The Bertz CT molecular complexity index is 700. The Hall–Kier alpha value is -1.02. The first-order chi connectivity index (χ1) is 11.8. The van der Waals surface area contributed by atoms with Gasteiger partial charge >= 0.3 is 0 Å². The van der Waals surface area contributed by atoms with Gasteiger partial charge in [0.15, 0.2) is 0 Å². The van der Waals surface area contributed by atoms with Crippen molar-refractivity contribution in [3.63, 3.8) is 0 Å². The number of hydrogen-bond donors (Lipinski definition) is 0. The molecule has 1 atom stereocenters. The van der Waals surface area contributed by atoms with E-state index in [1.165, 1.54) is 12.1 Å². The minimum absolute atomic E-state index is 0.204. The molecule has 5 nitrogen and oxygen atoms in total. The summed E-state index contributed by atoms with van der Waals surface area (Å²) in [7, 11) is -3.57. The molecule has 0 saturated carbocycles. The molecule has 2 aliphatic rings. The minimum Gasteiger partial charge on any atom is -0.370 e. The summed E-state index contributed by atoms with van der Waals surface area (Å²) in [6, 6.07) is 6.20. The second kappa shape index (κ2) is 7.31. The third kappa shape index (κ3) is 4.05. The molecule has 25 heavy (non-hydrogen) atoms. The van der Waals surface area contributed by atoms with Crippen molar-refractivity contribution in [2.24, 2.45) is 0 Å². The maximum absolute atomic E-state index is 13.5. The van der Waals surface area contributed by atoms with Crippen molar-refractivity contribution in [2.45, 2.75) is 51.2 Å². The van der Waals surface area contributed by atoms with Crippen molar-refractivity contribution in [1.82, 2.24) is 8.61 Å². The molecule has 7 heteroatoms. The van der Waals surface area contributed by atoms with Crippen LogP contribution in [0.3, 0.4) is 0 Å². The fourth-order valence-electron chi connectivity index (χ4n) is 3.55. The second-order valence-electron chi connectivity index (χ2n) is 7.52. The van der Waals surface area contributed by atoms with Gasteiger partial charge in [-0.15, -0.1) is 0 Å². The van der Waals surface area contributed by atoms with Crippen molar-refractivity contribution in [1.29, 1.82) is 0 Å². The summed E-state index contributed by atoms with van der Waals surface area (Å²) in [4.78, 5) is 0. The van der Waals surface area contributed by atoms with E-state index < -0.39 is 21.9 Å². The predicted molar refractivity (Wildman–Crippen MR) is 94.8 cm³/mol. The van der Waals surface area contributed by atoms with Gasteiger partial charge in [0.05, 0.1) is 18.2 Å². The molecule has 0 spiro atoms. The quantitative estimate of drug-likeness (QED) is 0.821. The van der Waals surface area contributed by atoms with E-state index in [2.05, 4.69) is 0 Å². The lowest BCUT2D eigenvalue weighted by Gasteiger charge is -2.45. The van der Waals surface area contributed by atoms with Gasteiger partial charge in [-0.3, -0.25) is 0 Å². The van der Waals surface area contributed by atoms with Gasteiger partial charge in [-0.2, -0.15) is 17.0 Å². The molecule has 0 N–H and O–H groups in total. The maximum Gasteiger partial charge on any atom is 0.282 e. The highest BCUT2D eigenvalue weighted by molar-refractivity contribution is 7.86. The lowest BCUT2D eigenvalue weighted by molar-refractivity contribution is -0.0675. The molecule has 0 bridgehead atoms. The minimum atomic E-state index is -3.57. The van der Waals surface area contributed by atoms with Crippen LogP contribution in [0.4, 0.5) is 4.39 Å². The normalized spacial score (nSPS) is 26.3. The van der Waals surface area contributed by atoms with Crippen LogP contribution in [-0.4, -0.2) is 48.8 Å². The van der Waals surface area contributed by atoms with E-state index in [0.29, 0.717) is 18.7 Å². The Morgan fingerprint density at radius 3 is 2.48 bits per heavy atom. The molecule has 2 heterocycles. The van der Waals surface area contributed by atoms with Crippen LogP contribution >= 0.6 is 0 Å². The highest BCUT2D eigenvalue weighted by atomic mass is 32.2. The van der Waals surface area contributed by atoms with E-state index in [-0.39, 0.29) is 19.0 Å². The summed E-state index contributed by atoms with van der Waals surface area (Å²) >= 11 is 0. The number of benzene rings is 1. The summed E-state index contributed by atoms with van der Waals surface area (Å²) in [5, 5.41) is 0. The van der Waals surface area contributed by atoms with Crippen LogP contribution in [0, 0.1) is 5.82 Å². The number of halogens is 1. The van der Waals surface area contributed by atoms with Gasteiger partial charge in [-0.25, -0.2) is 4.39 Å². The van der Waals surface area contributed by atoms with Crippen LogP contribution in [0.2, 0.25) is 0 Å². The summed E-state index contributed by atoms with van der Waals surface area (Å²) in [5.41, 5.74) is 0.0427. The number of hydrogen-bond acceptors (Lipinski definition) is 3. The third-order valence-electron chi connectivity index (χ3n) is 5.03. The molecule has 140 valence electrons. The van der Waals surface area contributed by atoms with Crippen LogP contribution in [0.15, 0.2) is 24.3 Å². The highest BCUT2D eigenvalue weighted by Gasteiger charge is 2.45. The number of morpholine rings is 1. The second-order valence-corrected chi connectivity index (χ2v) is 9.37. The van der Waals surface area contributed by atoms with Gasteiger partial charge in [-0.1, -0.05) is 25.0 Å². The van der Waals surface area contributed by atoms with E-state index in [4.69, 9.17) is 4.74 Å². The number of ether oxygens (including phenoxy) is 1. The molecular formula is C18H27FN2O3S. The fourth-order valence-corrected chi connectivity index (χ4v) is 5.55. The van der Waals surface area contributed by atoms with E-state index in [0.717, 1.165) is 25.7 Å². The average Bonchev–Trinajstić information content (AvgIpc) is 2.84. The highest BCUT2D eigenvalue weighted by Crippen LogP contribution is 2.34. The van der Waals surface area contributed by atoms with Gasteiger partial charge in [-0.05, 0) is 44.4 Å². The predicted octanol–water partition coefficient (Wildman–Crippen LogP) is 3.10. The van der Waals surface area contributed by atoms with Gasteiger partial charge in [0.1, 0.15) is 5.82 Å². The molecule has 0 radical (unpaired) electrons. The zero-order valence-electron chi connectivity index (χ0n) is 14.9. The van der Waals surface area contributed by atoms with E-state index >= 15 is 0 Å². The van der Waals surface area contributed by atoms with Crippen molar-refractivity contribution in [3.05, 3.63) is 35.6 Å². The zero-order valence-corrected chi connectivity index (χ0v) is 15.8. The molecule has 0 aliphatic carbocycles. The Labute approximate surface area is 149 Å². The molecule has 1 unspecified atom stereocenters. The lowest BCUT2D eigenvalue weighted by Crippen LogP contribution is -2.59. The first-order valence-electron chi connectivity index (χ1n) is 8.96. The van der Waals surface area contributed by atoms with Gasteiger partial charge in [0, 0.05) is 19.6 Å². The van der Waals surface area contributed by atoms with Crippen LogP contribution in [0.25, 0.3) is 0 Å². The van der Waals surface area contributed by atoms with Gasteiger partial charge < -0.3 is 4.74 Å². The molecule has 2 aliphatic heterocycles. The van der Waals surface area contributed by atoms with Crippen LogP contribution in [0.1, 0.15) is 51.2 Å². The Balaban J connectivity index is 1.86. The van der Waals surface area contributed by atoms with Crippen LogP contribution < -0.4 is 0 Å². The van der Waals surface area contributed by atoms with E-state index in [1.807, 2.05) is 13.8 Å². The molecule has 2 saturated heterocycles. The van der Waals surface area contributed by atoms with E-state index in [9.17, 15) is 12.8 Å². The van der Waals surface area contributed by atoms with Crippen molar-refractivity contribution < 1.29 is 17.5 Å². The molecule has 1 aromatic carbocycles.